The van der Waals surface area contributed by atoms with Crippen LogP contribution in [0.15, 0.2) is 30.3 Å². The standard InChI is InChI=1S/C18H26O10/c1-8-11(20)13(22)15(24)17(26-8)18(27-9-5-3-2-4-6-9)16(25)14(23)12(21)10(7-19)28-18/h2-6,8,10-17,19-25H,7H2,1H3/t8-,10-,11-,12+,13+,14+,15+,16-,17?,18?/m1/s1. The molecular weight excluding hydrogens is 376 g/mol. The fourth-order valence-corrected chi connectivity index (χ4v) is 3.60. The number of rotatable bonds is 4. The largest absolute Gasteiger partial charge is 0.456 e. The maximum atomic E-state index is 10.8. The lowest BCUT2D eigenvalue weighted by Crippen LogP contribution is -2.76. The lowest BCUT2D eigenvalue weighted by atomic mass is 9.83. The van der Waals surface area contributed by atoms with Crippen molar-refractivity contribution in [1.82, 2.24) is 0 Å². The van der Waals surface area contributed by atoms with E-state index in [-0.39, 0.29) is 5.75 Å². The predicted molar refractivity (Wildman–Crippen MR) is 92.1 cm³/mol. The van der Waals surface area contributed by atoms with Gasteiger partial charge in [-0.15, -0.1) is 0 Å². The highest BCUT2D eigenvalue weighted by Crippen LogP contribution is 2.40. The molecule has 2 unspecified atom stereocenters. The fraction of sp³-hybridized carbons (Fsp3) is 0.667. The molecular formula is C18H26O10. The van der Waals surface area contributed by atoms with Crippen LogP contribution in [0.5, 0.6) is 5.75 Å². The van der Waals surface area contributed by atoms with Gasteiger partial charge in [0.25, 0.3) is 5.79 Å². The van der Waals surface area contributed by atoms with Crippen LogP contribution in [0.3, 0.4) is 0 Å². The molecule has 28 heavy (non-hydrogen) atoms. The minimum absolute atomic E-state index is 0.172. The van der Waals surface area contributed by atoms with E-state index in [2.05, 4.69) is 0 Å². The summed E-state index contributed by atoms with van der Waals surface area (Å²) >= 11 is 0. The van der Waals surface area contributed by atoms with Crippen molar-refractivity contribution in [3.8, 4) is 5.75 Å². The Morgan fingerprint density at radius 2 is 1.54 bits per heavy atom. The van der Waals surface area contributed by atoms with Crippen LogP contribution in [0.4, 0.5) is 0 Å². The van der Waals surface area contributed by atoms with E-state index in [0.29, 0.717) is 0 Å². The molecule has 2 heterocycles. The maximum Gasteiger partial charge on any atom is 0.268 e. The number of ether oxygens (including phenoxy) is 3. The molecule has 0 saturated carbocycles. The SMILES string of the molecule is C[C@H]1OC(C2(Oc3ccccc3)O[C@H](CO)[C@H](O)[C@H](O)[C@H]2O)[C@@H](O)[C@@H](O)[C@@H]1O. The minimum atomic E-state index is -2.30. The summed E-state index contributed by atoms with van der Waals surface area (Å²) in [6.45, 7) is 0.710. The molecule has 0 amide bonds. The van der Waals surface area contributed by atoms with Gasteiger partial charge in [-0.3, -0.25) is 0 Å². The smallest absolute Gasteiger partial charge is 0.268 e. The lowest BCUT2D eigenvalue weighted by Gasteiger charge is -2.54. The summed E-state index contributed by atoms with van der Waals surface area (Å²) in [6.07, 6.45) is -14.2. The van der Waals surface area contributed by atoms with Gasteiger partial charge in [-0.2, -0.15) is 0 Å². The Kier molecular flexibility index (Phi) is 6.25. The summed E-state index contributed by atoms with van der Waals surface area (Å²) in [5.74, 6) is -2.13. The van der Waals surface area contributed by atoms with E-state index >= 15 is 0 Å². The Morgan fingerprint density at radius 1 is 0.893 bits per heavy atom. The summed E-state index contributed by atoms with van der Waals surface area (Å²) in [6, 6.07) is 8.01. The van der Waals surface area contributed by atoms with Gasteiger partial charge in [0.2, 0.25) is 0 Å². The van der Waals surface area contributed by atoms with Crippen LogP contribution in [-0.4, -0.2) is 103 Å². The van der Waals surface area contributed by atoms with E-state index in [9.17, 15) is 35.7 Å². The Hall–Kier alpha value is -1.34. The van der Waals surface area contributed by atoms with E-state index < -0.39 is 67.3 Å². The highest BCUT2D eigenvalue weighted by atomic mass is 16.7. The maximum absolute atomic E-state index is 10.8. The summed E-state index contributed by atoms with van der Waals surface area (Å²) in [4.78, 5) is 0. The molecule has 2 aliphatic rings. The number of para-hydroxylation sites is 1. The van der Waals surface area contributed by atoms with Gasteiger partial charge in [0.05, 0.1) is 12.7 Å². The van der Waals surface area contributed by atoms with Gasteiger partial charge in [0.1, 0.15) is 42.4 Å². The summed E-state index contributed by atoms with van der Waals surface area (Å²) in [7, 11) is 0. The van der Waals surface area contributed by atoms with E-state index in [1.807, 2.05) is 0 Å². The molecule has 0 spiro atoms. The van der Waals surface area contributed by atoms with Crippen LogP contribution in [0.1, 0.15) is 6.92 Å². The Labute approximate surface area is 161 Å². The number of aliphatic hydroxyl groups is 7. The molecule has 2 fully saturated rings. The van der Waals surface area contributed by atoms with Crippen molar-refractivity contribution in [3.63, 3.8) is 0 Å². The molecule has 2 saturated heterocycles. The highest BCUT2D eigenvalue weighted by Gasteiger charge is 2.64. The van der Waals surface area contributed by atoms with E-state index in [0.717, 1.165) is 0 Å². The van der Waals surface area contributed by atoms with Crippen LogP contribution in [0.2, 0.25) is 0 Å². The quantitative estimate of drug-likeness (QED) is 0.277. The summed E-state index contributed by atoms with van der Waals surface area (Å²) < 4.78 is 17.1. The molecule has 2 aliphatic heterocycles. The van der Waals surface area contributed by atoms with E-state index in [1.54, 1.807) is 18.2 Å². The molecule has 0 bridgehead atoms. The Balaban J connectivity index is 2.06. The van der Waals surface area contributed by atoms with Crippen LogP contribution in [0, 0.1) is 0 Å². The molecule has 0 aromatic heterocycles. The molecule has 7 N–H and O–H groups in total. The third-order valence-corrected chi connectivity index (χ3v) is 5.25. The third kappa shape index (κ3) is 3.52. The molecule has 10 atom stereocenters. The zero-order chi connectivity index (χ0) is 20.6. The summed E-state index contributed by atoms with van der Waals surface area (Å²) in [5.41, 5.74) is 0. The zero-order valence-electron chi connectivity index (χ0n) is 15.1. The highest BCUT2D eigenvalue weighted by molar-refractivity contribution is 5.23. The molecule has 10 nitrogen and oxygen atoms in total. The molecule has 1 aromatic carbocycles. The van der Waals surface area contributed by atoms with Gasteiger partial charge >= 0.3 is 0 Å². The molecule has 10 heteroatoms. The van der Waals surface area contributed by atoms with Crippen LogP contribution in [0.25, 0.3) is 0 Å². The molecule has 0 aliphatic carbocycles. The van der Waals surface area contributed by atoms with Gasteiger partial charge in [-0.1, -0.05) is 18.2 Å². The van der Waals surface area contributed by atoms with Crippen molar-refractivity contribution in [1.29, 1.82) is 0 Å². The van der Waals surface area contributed by atoms with Crippen molar-refractivity contribution in [3.05, 3.63) is 30.3 Å². The van der Waals surface area contributed by atoms with Crippen LogP contribution < -0.4 is 4.74 Å². The Bertz CT molecular complexity index is 643. The second kappa shape index (κ2) is 8.19. The van der Waals surface area contributed by atoms with Crippen molar-refractivity contribution in [2.75, 3.05) is 6.61 Å². The molecule has 3 rings (SSSR count). The minimum Gasteiger partial charge on any atom is -0.456 e. The Morgan fingerprint density at radius 3 is 2.14 bits per heavy atom. The second-order valence-corrected chi connectivity index (χ2v) is 7.13. The van der Waals surface area contributed by atoms with Gasteiger partial charge in [-0.25, -0.2) is 0 Å². The van der Waals surface area contributed by atoms with Crippen molar-refractivity contribution >= 4 is 0 Å². The first-order valence-electron chi connectivity index (χ1n) is 8.99. The fourth-order valence-electron chi connectivity index (χ4n) is 3.60. The second-order valence-electron chi connectivity index (χ2n) is 7.13. The van der Waals surface area contributed by atoms with Crippen LogP contribution >= 0.6 is 0 Å². The predicted octanol–water partition coefficient (Wildman–Crippen LogP) is -2.89. The first kappa shape index (κ1) is 21.4. The first-order chi connectivity index (χ1) is 13.2. The lowest BCUT2D eigenvalue weighted by molar-refractivity contribution is -0.394. The van der Waals surface area contributed by atoms with E-state index in [1.165, 1.54) is 19.1 Å². The van der Waals surface area contributed by atoms with Gasteiger partial charge in [0, 0.05) is 0 Å². The zero-order valence-corrected chi connectivity index (χ0v) is 15.1. The molecule has 158 valence electrons. The van der Waals surface area contributed by atoms with E-state index in [4.69, 9.17) is 14.2 Å². The van der Waals surface area contributed by atoms with Crippen molar-refractivity contribution in [2.45, 2.75) is 67.6 Å². The number of hydrogen-bond acceptors (Lipinski definition) is 10. The number of benzene rings is 1. The normalized spacial score (nSPS) is 46.9. The molecule has 0 radical (unpaired) electrons. The first-order valence-corrected chi connectivity index (χ1v) is 8.99. The third-order valence-electron chi connectivity index (χ3n) is 5.25. The van der Waals surface area contributed by atoms with Gasteiger partial charge in [0.15, 0.2) is 12.2 Å². The average molecular weight is 402 g/mol. The van der Waals surface area contributed by atoms with Gasteiger partial charge in [-0.05, 0) is 19.1 Å². The number of aliphatic hydroxyl groups excluding tert-OH is 7. The average Bonchev–Trinajstić information content (AvgIpc) is 2.70. The van der Waals surface area contributed by atoms with Crippen LogP contribution in [-0.2, 0) is 9.47 Å². The molecule has 1 aromatic rings. The topological polar surface area (TPSA) is 169 Å². The van der Waals surface area contributed by atoms with Gasteiger partial charge < -0.3 is 50.0 Å². The van der Waals surface area contributed by atoms with Crippen molar-refractivity contribution in [2.24, 2.45) is 0 Å². The van der Waals surface area contributed by atoms with Crippen molar-refractivity contribution < 1.29 is 50.0 Å². The summed E-state index contributed by atoms with van der Waals surface area (Å²) in [5, 5.41) is 71.4. The monoisotopic (exact) mass is 402 g/mol. The number of hydrogen-bond donors (Lipinski definition) is 7.